The second kappa shape index (κ2) is 15.7. The number of ether oxygens (including phenoxy) is 2. The lowest BCUT2D eigenvalue weighted by Gasteiger charge is -2.32. The van der Waals surface area contributed by atoms with Crippen LogP contribution in [0.1, 0.15) is 48.4 Å². The van der Waals surface area contributed by atoms with E-state index in [1.54, 1.807) is 33.3 Å². The van der Waals surface area contributed by atoms with Crippen LogP contribution in [0, 0.1) is 3.57 Å². The van der Waals surface area contributed by atoms with Crippen LogP contribution in [0.2, 0.25) is 0 Å². The maximum Gasteiger partial charge on any atom is 0.494 e. The largest absolute Gasteiger partial charge is 0.494 e. The van der Waals surface area contributed by atoms with Gasteiger partial charge in [-0.3, -0.25) is 0 Å². The summed E-state index contributed by atoms with van der Waals surface area (Å²) < 4.78 is 27.6. The number of rotatable bonds is 4. The molecule has 258 valence electrons. The molecule has 0 bridgehead atoms. The van der Waals surface area contributed by atoms with Gasteiger partial charge in [0.25, 0.3) is 0 Å². The first-order valence-electron chi connectivity index (χ1n) is 15.1. The maximum atomic E-state index is 11.4. The molecule has 1 saturated heterocycles. The van der Waals surface area contributed by atoms with Crippen LogP contribution >= 0.6 is 54.5 Å². The zero-order valence-electron chi connectivity index (χ0n) is 27.9. The SMILES string of the molecule is Brc1cc(I)cn2ncnc12.COC(=O)c1ccc(-c2cc(Br)c3ncnn3c2)cc1.COC(=O)c1ccc(B2OC(C)(C)C(C)(C)O2)cc1. The molecule has 0 radical (unpaired) electrons. The van der Waals surface area contributed by atoms with Crippen molar-refractivity contribution in [2.45, 2.75) is 38.9 Å². The van der Waals surface area contributed by atoms with Crippen LogP contribution in [-0.4, -0.2) is 73.7 Å². The molecule has 0 atom stereocenters. The van der Waals surface area contributed by atoms with E-state index in [2.05, 4.69) is 84.1 Å². The third kappa shape index (κ3) is 8.42. The van der Waals surface area contributed by atoms with Crippen LogP contribution in [0.4, 0.5) is 0 Å². The highest BCUT2D eigenvalue weighted by molar-refractivity contribution is 14.1. The summed E-state index contributed by atoms with van der Waals surface area (Å²) >= 11 is 9.11. The summed E-state index contributed by atoms with van der Waals surface area (Å²) in [6.07, 6.45) is 6.86. The summed E-state index contributed by atoms with van der Waals surface area (Å²) in [6.45, 7) is 8.04. The first kappa shape index (κ1) is 37.5. The Bertz CT molecular complexity index is 2120. The second-order valence-corrected chi connectivity index (χ2v) is 14.9. The van der Waals surface area contributed by atoms with E-state index in [-0.39, 0.29) is 23.1 Å². The number of benzene rings is 2. The van der Waals surface area contributed by atoms with Gasteiger partial charge in [-0.15, -0.1) is 0 Å². The molecule has 1 fully saturated rings. The maximum absolute atomic E-state index is 11.4. The van der Waals surface area contributed by atoms with E-state index in [4.69, 9.17) is 9.31 Å². The number of hydrogen-bond acceptors (Lipinski definition) is 10. The molecule has 2 aromatic carbocycles. The van der Waals surface area contributed by atoms with Gasteiger partial charge < -0.3 is 18.8 Å². The van der Waals surface area contributed by atoms with Gasteiger partial charge in [-0.2, -0.15) is 10.2 Å². The number of halogens is 3. The van der Waals surface area contributed by atoms with Crippen molar-refractivity contribution in [3.05, 3.63) is 109 Å². The molecule has 1 aliphatic heterocycles. The number of pyridine rings is 2. The first-order chi connectivity index (χ1) is 23.7. The summed E-state index contributed by atoms with van der Waals surface area (Å²) in [6, 6.07) is 18.3. The van der Waals surface area contributed by atoms with Crippen LogP contribution in [0.5, 0.6) is 0 Å². The van der Waals surface area contributed by atoms with Crippen LogP contribution in [-0.2, 0) is 18.8 Å². The Balaban J connectivity index is 0.000000152. The topological polar surface area (TPSA) is 131 Å². The number of fused-ring (bicyclic) bond motifs is 2. The van der Waals surface area contributed by atoms with E-state index in [1.807, 2.05) is 76.5 Å². The molecule has 0 amide bonds. The minimum atomic E-state index is -0.406. The number of carbonyl (C=O) groups excluding carboxylic acids is 2. The lowest BCUT2D eigenvalue weighted by Crippen LogP contribution is -2.41. The summed E-state index contributed by atoms with van der Waals surface area (Å²) in [5, 5.41) is 8.14. The van der Waals surface area contributed by atoms with Gasteiger partial charge in [0.15, 0.2) is 11.3 Å². The zero-order chi connectivity index (χ0) is 36.2. The first-order valence-corrected chi connectivity index (χ1v) is 17.8. The Kier molecular flexibility index (Phi) is 11.8. The smallest absolute Gasteiger partial charge is 0.465 e. The molecule has 12 nitrogen and oxygen atoms in total. The van der Waals surface area contributed by atoms with Crippen molar-refractivity contribution in [2.24, 2.45) is 0 Å². The van der Waals surface area contributed by atoms with Gasteiger partial charge in [-0.05, 0) is 130 Å². The van der Waals surface area contributed by atoms with Gasteiger partial charge in [0.05, 0.1) is 45.5 Å². The normalized spacial score (nSPS) is 14.4. The molecule has 1 aliphatic rings. The van der Waals surface area contributed by atoms with Crippen molar-refractivity contribution in [1.82, 2.24) is 29.2 Å². The molecule has 0 aliphatic carbocycles. The van der Waals surface area contributed by atoms with E-state index in [0.29, 0.717) is 11.1 Å². The molecule has 7 rings (SSSR count). The Hall–Kier alpha value is -3.71. The lowest BCUT2D eigenvalue weighted by molar-refractivity contribution is 0.00578. The molecular formula is C34H32BBr2IN6O6. The third-order valence-electron chi connectivity index (χ3n) is 8.12. The summed E-state index contributed by atoms with van der Waals surface area (Å²) in [7, 11) is 2.33. The Labute approximate surface area is 319 Å². The number of methoxy groups -OCH3 is 2. The molecule has 6 aromatic rings. The number of hydrogen-bond donors (Lipinski definition) is 0. The van der Waals surface area contributed by atoms with Gasteiger partial charge in [0, 0.05) is 21.5 Å². The molecule has 16 heteroatoms. The van der Waals surface area contributed by atoms with Gasteiger partial charge in [0.2, 0.25) is 0 Å². The standard InChI is InChI=1S/C14H19BO4.C14H10BrN3O2.C6H3BrIN3/c1-13(2)14(3,4)19-15(18-13)11-8-6-10(7-9-11)12(16)17-5;1-20-14(19)10-4-2-9(3-5-10)11-6-12(15)13-16-8-17-18(13)7-11;7-5-1-4(8)2-11-6(5)9-3-10-11/h6-9H,1-5H3;2-8H,1H3;1-3H. The highest BCUT2D eigenvalue weighted by Crippen LogP contribution is 2.36. The molecule has 4 aromatic heterocycles. The fraction of sp³-hybridized carbons (Fsp3) is 0.235. The van der Waals surface area contributed by atoms with Crippen molar-refractivity contribution < 1.29 is 28.4 Å². The minimum Gasteiger partial charge on any atom is -0.465 e. The third-order valence-corrected chi connectivity index (χ3v) is 9.88. The molecule has 0 spiro atoms. The van der Waals surface area contributed by atoms with Crippen molar-refractivity contribution in [3.8, 4) is 11.1 Å². The van der Waals surface area contributed by atoms with Crippen molar-refractivity contribution >= 4 is 90.3 Å². The van der Waals surface area contributed by atoms with E-state index in [9.17, 15) is 9.59 Å². The number of esters is 2. The molecule has 50 heavy (non-hydrogen) atoms. The lowest BCUT2D eigenvalue weighted by atomic mass is 9.79. The van der Waals surface area contributed by atoms with Crippen molar-refractivity contribution in [2.75, 3.05) is 14.2 Å². The average Bonchev–Trinajstić information content (AvgIpc) is 3.83. The minimum absolute atomic E-state index is 0.343. The monoisotopic (exact) mass is 916 g/mol. The molecule has 0 N–H and O–H groups in total. The Morgan fingerprint density at radius 1 is 0.720 bits per heavy atom. The molecule has 5 heterocycles. The number of aromatic nitrogens is 6. The molecule has 0 unspecified atom stereocenters. The van der Waals surface area contributed by atoms with Crippen LogP contribution in [0.15, 0.2) is 94.7 Å². The van der Waals surface area contributed by atoms with Crippen molar-refractivity contribution in [1.29, 1.82) is 0 Å². The molecular weight excluding hydrogens is 886 g/mol. The van der Waals surface area contributed by atoms with E-state index < -0.39 is 7.12 Å². The van der Waals surface area contributed by atoms with E-state index in [0.717, 1.165) is 40.4 Å². The van der Waals surface area contributed by atoms with Crippen LogP contribution in [0.3, 0.4) is 0 Å². The van der Waals surface area contributed by atoms with E-state index >= 15 is 0 Å². The average molecular weight is 918 g/mol. The second-order valence-electron chi connectivity index (χ2n) is 11.9. The fourth-order valence-electron chi connectivity index (χ4n) is 4.69. The van der Waals surface area contributed by atoms with Crippen molar-refractivity contribution in [3.63, 3.8) is 0 Å². The predicted octanol–water partition coefficient (Wildman–Crippen LogP) is 6.81. The summed E-state index contributed by atoms with van der Waals surface area (Å²) in [5.41, 5.74) is 4.79. The summed E-state index contributed by atoms with van der Waals surface area (Å²) in [5.74, 6) is -0.690. The zero-order valence-corrected chi connectivity index (χ0v) is 33.3. The van der Waals surface area contributed by atoms with Gasteiger partial charge in [-0.25, -0.2) is 28.6 Å². The molecule has 0 saturated carbocycles. The van der Waals surface area contributed by atoms with Gasteiger partial charge in [-0.1, -0.05) is 24.3 Å². The Morgan fingerprint density at radius 2 is 1.18 bits per heavy atom. The predicted molar refractivity (Wildman–Crippen MR) is 204 cm³/mol. The Morgan fingerprint density at radius 3 is 1.68 bits per heavy atom. The number of nitrogens with zero attached hydrogens (tertiary/aromatic N) is 6. The van der Waals surface area contributed by atoms with Crippen LogP contribution < -0.4 is 5.46 Å². The van der Waals surface area contributed by atoms with Crippen LogP contribution in [0.25, 0.3) is 22.4 Å². The van der Waals surface area contributed by atoms with Gasteiger partial charge >= 0.3 is 19.1 Å². The highest BCUT2D eigenvalue weighted by Gasteiger charge is 2.51. The highest BCUT2D eigenvalue weighted by atomic mass is 127. The fourth-order valence-corrected chi connectivity index (χ4v) is 6.75. The quantitative estimate of drug-likeness (QED) is 0.106. The summed E-state index contributed by atoms with van der Waals surface area (Å²) in [4.78, 5) is 31.0. The van der Waals surface area contributed by atoms with Gasteiger partial charge in [0.1, 0.15) is 12.7 Å². The van der Waals surface area contributed by atoms with E-state index in [1.165, 1.54) is 26.9 Å². The number of carbonyl (C=O) groups is 2.